The van der Waals surface area contributed by atoms with E-state index in [9.17, 15) is 4.79 Å². The Kier molecular flexibility index (Phi) is 5.53. The molecule has 0 aliphatic heterocycles. The van der Waals surface area contributed by atoms with Gasteiger partial charge in [0, 0.05) is 38.3 Å². The number of rotatable bonds is 5. The number of carbonyl (C=O) groups excluding carboxylic acids is 1. The maximum atomic E-state index is 12.2. The Labute approximate surface area is 177 Å². The molecule has 0 spiro atoms. The fourth-order valence-electron chi connectivity index (χ4n) is 3.12. The van der Waals surface area contributed by atoms with Crippen LogP contribution in [0.2, 0.25) is 0 Å². The Balaban J connectivity index is 1.56. The highest BCUT2D eigenvalue weighted by molar-refractivity contribution is 14.1. The molecule has 0 aliphatic rings. The molecule has 4 rings (SSSR count). The van der Waals surface area contributed by atoms with Crippen LogP contribution in [0.15, 0.2) is 90.2 Å². The van der Waals surface area contributed by atoms with Crippen molar-refractivity contribution in [1.29, 1.82) is 0 Å². The van der Waals surface area contributed by atoms with E-state index in [1.54, 1.807) is 18.3 Å². The molecule has 3 aromatic carbocycles. The van der Waals surface area contributed by atoms with E-state index >= 15 is 0 Å². The highest BCUT2D eigenvalue weighted by atomic mass is 127. The van der Waals surface area contributed by atoms with E-state index in [1.807, 2.05) is 42.5 Å². The SMILES string of the molecule is O=C(N/N=C\c1cn(Cc2ccccc2)c2ccccc12)c1ccc(I)cc1. The molecule has 0 fully saturated rings. The summed E-state index contributed by atoms with van der Waals surface area (Å²) in [5, 5.41) is 5.27. The van der Waals surface area contributed by atoms with Gasteiger partial charge in [0.25, 0.3) is 5.91 Å². The third-order valence-electron chi connectivity index (χ3n) is 4.49. The van der Waals surface area contributed by atoms with Crippen LogP contribution in [0.25, 0.3) is 10.9 Å². The summed E-state index contributed by atoms with van der Waals surface area (Å²) in [5.74, 6) is -0.222. The van der Waals surface area contributed by atoms with Crippen molar-refractivity contribution >= 4 is 45.6 Å². The number of carbonyl (C=O) groups is 1. The van der Waals surface area contributed by atoms with Gasteiger partial charge in [0.15, 0.2) is 0 Å². The Hall–Kier alpha value is -2.93. The third-order valence-corrected chi connectivity index (χ3v) is 5.21. The van der Waals surface area contributed by atoms with Crippen molar-refractivity contribution in [3.05, 3.63) is 105 Å². The molecule has 1 N–H and O–H groups in total. The molecule has 0 radical (unpaired) electrons. The Morgan fingerprint density at radius 3 is 2.46 bits per heavy atom. The first-order valence-corrected chi connectivity index (χ1v) is 9.99. The molecule has 1 heterocycles. The molecule has 4 nitrogen and oxygen atoms in total. The molecule has 138 valence electrons. The number of halogens is 1. The van der Waals surface area contributed by atoms with Gasteiger partial charge in [0.1, 0.15) is 0 Å². The lowest BCUT2D eigenvalue weighted by Crippen LogP contribution is -2.17. The van der Waals surface area contributed by atoms with Crippen molar-refractivity contribution in [2.75, 3.05) is 0 Å². The van der Waals surface area contributed by atoms with Gasteiger partial charge >= 0.3 is 0 Å². The number of para-hydroxylation sites is 1. The highest BCUT2D eigenvalue weighted by Gasteiger charge is 2.08. The van der Waals surface area contributed by atoms with Crippen molar-refractivity contribution in [1.82, 2.24) is 9.99 Å². The van der Waals surface area contributed by atoms with Gasteiger partial charge in [-0.05, 0) is 58.5 Å². The smallest absolute Gasteiger partial charge is 0.271 e. The normalized spacial score (nSPS) is 11.2. The monoisotopic (exact) mass is 479 g/mol. The quantitative estimate of drug-likeness (QED) is 0.243. The van der Waals surface area contributed by atoms with Crippen LogP contribution in [-0.4, -0.2) is 16.7 Å². The molecule has 0 bridgehead atoms. The van der Waals surface area contributed by atoms with Crippen LogP contribution in [0, 0.1) is 3.57 Å². The largest absolute Gasteiger partial charge is 0.342 e. The minimum absolute atomic E-state index is 0.222. The van der Waals surface area contributed by atoms with Crippen LogP contribution in [0.1, 0.15) is 21.5 Å². The van der Waals surface area contributed by atoms with Crippen LogP contribution < -0.4 is 5.43 Å². The van der Waals surface area contributed by atoms with Crippen LogP contribution in [-0.2, 0) is 6.54 Å². The molecule has 5 heteroatoms. The summed E-state index contributed by atoms with van der Waals surface area (Å²) in [6.45, 7) is 0.782. The topological polar surface area (TPSA) is 46.4 Å². The van der Waals surface area contributed by atoms with Crippen LogP contribution in [0.4, 0.5) is 0 Å². The van der Waals surface area contributed by atoms with Gasteiger partial charge < -0.3 is 4.57 Å². The fourth-order valence-corrected chi connectivity index (χ4v) is 3.47. The van der Waals surface area contributed by atoms with Crippen molar-refractivity contribution in [2.24, 2.45) is 5.10 Å². The minimum atomic E-state index is -0.222. The van der Waals surface area contributed by atoms with Crippen molar-refractivity contribution in [3.8, 4) is 0 Å². The highest BCUT2D eigenvalue weighted by Crippen LogP contribution is 2.21. The van der Waals surface area contributed by atoms with E-state index in [2.05, 4.69) is 68.1 Å². The third kappa shape index (κ3) is 4.14. The summed E-state index contributed by atoms with van der Waals surface area (Å²) >= 11 is 2.21. The van der Waals surface area contributed by atoms with Gasteiger partial charge in [0.2, 0.25) is 0 Å². The van der Waals surface area contributed by atoms with Gasteiger partial charge in [0.05, 0.1) is 6.21 Å². The van der Waals surface area contributed by atoms with Crippen LogP contribution >= 0.6 is 22.6 Å². The second-order valence-electron chi connectivity index (χ2n) is 6.42. The number of amides is 1. The van der Waals surface area contributed by atoms with Gasteiger partial charge in [-0.25, -0.2) is 5.43 Å². The number of aromatic nitrogens is 1. The lowest BCUT2D eigenvalue weighted by Gasteiger charge is -2.05. The van der Waals surface area contributed by atoms with Gasteiger partial charge in [-0.1, -0.05) is 48.5 Å². The van der Waals surface area contributed by atoms with Crippen molar-refractivity contribution in [3.63, 3.8) is 0 Å². The first-order chi connectivity index (χ1) is 13.7. The summed E-state index contributed by atoms with van der Waals surface area (Å²) in [6, 6.07) is 25.9. The number of hydrogen-bond donors (Lipinski definition) is 1. The first-order valence-electron chi connectivity index (χ1n) is 8.91. The van der Waals surface area contributed by atoms with Gasteiger partial charge in [-0.3, -0.25) is 4.79 Å². The predicted molar refractivity (Wildman–Crippen MR) is 122 cm³/mol. The average Bonchev–Trinajstić information content (AvgIpc) is 3.07. The molecule has 0 aliphatic carbocycles. The number of nitrogens with zero attached hydrogens (tertiary/aromatic N) is 2. The molecule has 1 aromatic heterocycles. The molecule has 28 heavy (non-hydrogen) atoms. The molecule has 4 aromatic rings. The number of benzene rings is 3. The van der Waals surface area contributed by atoms with Crippen molar-refractivity contribution < 1.29 is 4.79 Å². The molecule has 1 amide bonds. The van der Waals surface area contributed by atoms with Gasteiger partial charge in [-0.15, -0.1) is 0 Å². The maximum Gasteiger partial charge on any atom is 0.271 e. The standard InChI is InChI=1S/C23H18IN3O/c24-20-12-10-18(11-13-20)23(28)26-25-14-19-16-27(15-17-6-2-1-3-7-17)22-9-5-4-8-21(19)22/h1-14,16H,15H2,(H,26,28)/b25-14-. The summed E-state index contributed by atoms with van der Waals surface area (Å²) in [4.78, 5) is 12.2. The fraction of sp³-hybridized carbons (Fsp3) is 0.0435. The molecule has 0 saturated heterocycles. The summed E-state index contributed by atoms with van der Waals surface area (Å²) in [6.07, 6.45) is 3.77. The molecular formula is C23H18IN3O. The summed E-state index contributed by atoms with van der Waals surface area (Å²) < 4.78 is 3.29. The number of hydrogen-bond acceptors (Lipinski definition) is 2. The lowest BCUT2D eigenvalue weighted by molar-refractivity contribution is 0.0955. The van der Waals surface area contributed by atoms with Crippen LogP contribution in [0.5, 0.6) is 0 Å². The average molecular weight is 479 g/mol. The number of hydrazone groups is 1. The maximum absolute atomic E-state index is 12.2. The van der Waals surface area contributed by atoms with E-state index in [0.717, 1.165) is 26.6 Å². The summed E-state index contributed by atoms with van der Waals surface area (Å²) in [5.41, 5.74) is 6.53. The Morgan fingerprint density at radius 1 is 0.964 bits per heavy atom. The van der Waals surface area contributed by atoms with E-state index in [1.165, 1.54) is 5.56 Å². The van der Waals surface area contributed by atoms with Gasteiger partial charge in [-0.2, -0.15) is 5.10 Å². The predicted octanol–water partition coefficient (Wildman–Crippen LogP) is 5.06. The lowest BCUT2D eigenvalue weighted by atomic mass is 10.2. The molecule has 0 atom stereocenters. The molecule has 0 unspecified atom stereocenters. The molecule has 0 saturated carbocycles. The van der Waals surface area contributed by atoms with Crippen LogP contribution in [0.3, 0.4) is 0 Å². The first kappa shape index (κ1) is 18.4. The summed E-state index contributed by atoms with van der Waals surface area (Å²) in [7, 11) is 0. The molecular weight excluding hydrogens is 461 g/mol. The second-order valence-corrected chi connectivity index (χ2v) is 7.67. The number of nitrogens with one attached hydrogen (secondary N) is 1. The van der Waals surface area contributed by atoms with E-state index in [0.29, 0.717) is 5.56 Å². The number of fused-ring (bicyclic) bond motifs is 1. The van der Waals surface area contributed by atoms with E-state index < -0.39 is 0 Å². The minimum Gasteiger partial charge on any atom is -0.342 e. The Morgan fingerprint density at radius 2 is 1.68 bits per heavy atom. The zero-order valence-corrected chi connectivity index (χ0v) is 17.2. The zero-order valence-electron chi connectivity index (χ0n) is 15.0. The zero-order chi connectivity index (χ0) is 19.3. The Bertz CT molecular complexity index is 1130. The second kappa shape index (κ2) is 8.39. The van der Waals surface area contributed by atoms with E-state index in [-0.39, 0.29) is 5.91 Å². The van der Waals surface area contributed by atoms with E-state index in [4.69, 9.17) is 0 Å². The van der Waals surface area contributed by atoms with Crippen molar-refractivity contribution in [2.45, 2.75) is 6.54 Å².